The van der Waals surface area contributed by atoms with Crippen molar-refractivity contribution in [3.8, 4) is 6.07 Å². The van der Waals surface area contributed by atoms with E-state index >= 15 is 0 Å². The number of Topliss-reactive ketones (excluding diaryl/α,β-unsaturated/α-hetero) is 1. The topological polar surface area (TPSA) is 40.9 Å². The smallest absolute Gasteiger partial charge is 0.186 e. The highest BCUT2D eigenvalue weighted by molar-refractivity contribution is 6.36. The highest BCUT2D eigenvalue weighted by atomic mass is 35.5. The molecule has 0 fully saturated rings. The van der Waals surface area contributed by atoms with Gasteiger partial charge in [-0.25, -0.2) is 0 Å². The van der Waals surface area contributed by atoms with E-state index in [1.807, 2.05) is 6.07 Å². The van der Waals surface area contributed by atoms with Crippen molar-refractivity contribution >= 4 is 40.6 Å². The summed E-state index contributed by atoms with van der Waals surface area (Å²) in [6.07, 6.45) is 0. The number of carbonyl (C=O) groups is 1. The molecule has 0 aliphatic rings. The first-order valence-electron chi connectivity index (χ1n) is 5.68. The first-order valence-corrected chi connectivity index (χ1v) is 6.81. The summed E-state index contributed by atoms with van der Waals surface area (Å²) in [6, 6.07) is 13.3. The predicted molar refractivity (Wildman–Crippen MR) is 80.6 cm³/mol. The molecule has 0 radical (unpaired) electrons. The number of ketones is 1. The van der Waals surface area contributed by atoms with Gasteiger partial charge in [0.05, 0.1) is 11.1 Å². The van der Waals surface area contributed by atoms with Gasteiger partial charge in [0.2, 0.25) is 0 Å². The fourth-order valence-electron chi connectivity index (χ4n) is 1.82. The maximum atomic E-state index is 12.5. The molecule has 0 N–H and O–H groups in total. The zero-order valence-electron chi connectivity index (χ0n) is 10.1. The van der Waals surface area contributed by atoms with Gasteiger partial charge in [-0.15, -0.1) is 0 Å². The van der Waals surface area contributed by atoms with Crippen LogP contribution >= 0.6 is 34.8 Å². The summed E-state index contributed by atoms with van der Waals surface area (Å²) < 4.78 is 0. The van der Waals surface area contributed by atoms with E-state index in [0.29, 0.717) is 15.6 Å². The molecule has 0 heterocycles. The van der Waals surface area contributed by atoms with Crippen LogP contribution in [-0.2, 0) is 0 Å². The summed E-state index contributed by atoms with van der Waals surface area (Å²) >= 11 is 17.9. The number of nitrogens with zero attached hydrogens (tertiary/aromatic N) is 1. The van der Waals surface area contributed by atoms with Crippen molar-refractivity contribution < 1.29 is 4.79 Å². The van der Waals surface area contributed by atoms with E-state index in [4.69, 9.17) is 34.8 Å². The second-order valence-electron chi connectivity index (χ2n) is 4.07. The average Bonchev–Trinajstić information content (AvgIpc) is 2.44. The van der Waals surface area contributed by atoms with Crippen molar-refractivity contribution in [1.82, 2.24) is 0 Å². The summed E-state index contributed by atoms with van der Waals surface area (Å²) in [5, 5.41) is 10.3. The van der Waals surface area contributed by atoms with E-state index in [-0.39, 0.29) is 10.6 Å². The Morgan fingerprint density at radius 1 is 1.05 bits per heavy atom. The van der Waals surface area contributed by atoms with Crippen LogP contribution in [0.5, 0.6) is 0 Å². The van der Waals surface area contributed by atoms with Crippen LogP contribution < -0.4 is 0 Å². The Morgan fingerprint density at radius 3 is 2.40 bits per heavy atom. The lowest BCUT2D eigenvalue weighted by molar-refractivity contribution is 0.0979. The van der Waals surface area contributed by atoms with Gasteiger partial charge in [0.15, 0.2) is 5.78 Å². The lowest BCUT2D eigenvalue weighted by atomic mass is 9.92. The van der Waals surface area contributed by atoms with E-state index in [2.05, 4.69) is 0 Å². The van der Waals surface area contributed by atoms with Gasteiger partial charge in [-0.1, -0.05) is 53.0 Å². The second-order valence-corrected chi connectivity index (χ2v) is 5.32. The molecule has 0 saturated heterocycles. The van der Waals surface area contributed by atoms with Gasteiger partial charge in [0.25, 0.3) is 0 Å². The molecule has 2 nitrogen and oxygen atoms in total. The maximum absolute atomic E-state index is 12.5. The molecule has 1 unspecified atom stereocenters. The molecule has 0 spiro atoms. The molecule has 0 bridgehead atoms. The number of hydrogen-bond donors (Lipinski definition) is 0. The van der Waals surface area contributed by atoms with Gasteiger partial charge in [-0.05, 0) is 29.8 Å². The molecule has 100 valence electrons. The normalized spacial score (nSPS) is 11.7. The van der Waals surface area contributed by atoms with Gasteiger partial charge >= 0.3 is 0 Å². The van der Waals surface area contributed by atoms with Crippen molar-refractivity contribution in [3.63, 3.8) is 0 Å². The molecule has 20 heavy (non-hydrogen) atoms. The third-order valence-electron chi connectivity index (χ3n) is 2.80. The largest absolute Gasteiger partial charge is 0.292 e. The second kappa shape index (κ2) is 6.28. The van der Waals surface area contributed by atoms with E-state index < -0.39 is 11.7 Å². The Labute approximate surface area is 131 Å². The number of halogens is 3. The van der Waals surface area contributed by atoms with Crippen LogP contribution in [0.2, 0.25) is 15.1 Å². The van der Waals surface area contributed by atoms with Crippen LogP contribution in [0.15, 0.2) is 42.5 Å². The quantitative estimate of drug-likeness (QED) is 0.734. The fraction of sp³-hybridized carbons (Fsp3) is 0.0667. The summed E-state index contributed by atoms with van der Waals surface area (Å²) in [5.41, 5.74) is 0.670. The van der Waals surface area contributed by atoms with Crippen LogP contribution in [0.3, 0.4) is 0 Å². The fourth-order valence-corrected chi connectivity index (χ4v) is 2.45. The minimum absolute atomic E-state index is 0.214. The molecular weight excluding hydrogens is 317 g/mol. The number of hydrogen-bond acceptors (Lipinski definition) is 2. The average molecular weight is 325 g/mol. The van der Waals surface area contributed by atoms with Gasteiger partial charge < -0.3 is 0 Å². The standard InChI is InChI=1S/C15H8Cl3NO/c16-9-5-6-14(18)11(7-9)15(20)12(8-19)10-3-1-2-4-13(10)17/h1-7,12H. The third-order valence-corrected chi connectivity index (χ3v) is 3.71. The van der Waals surface area contributed by atoms with Crippen molar-refractivity contribution in [2.45, 2.75) is 5.92 Å². The van der Waals surface area contributed by atoms with E-state index in [0.717, 1.165) is 0 Å². The number of rotatable bonds is 3. The summed E-state index contributed by atoms with van der Waals surface area (Å²) in [5.74, 6) is -1.44. The zero-order chi connectivity index (χ0) is 14.7. The van der Waals surface area contributed by atoms with Crippen LogP contribution in [0, 0.1) is 11.3 Å². The van der Waals surface area contributed by atoms with Crippen LogP contribution in [0.4, 0.5) is 0 Å². The molecule has 0 aliphatic heterocycles. The van der Waals surface area contributed by atoms with E-state index in [1.54, 1.807) is 30.3 Å². The SMILES string of the molecule is N#CC(C(=O)c1cc(Cl)ccc1Cl)c1ccccc1Cl. The molecule has 2 aromatic rings. The predicted octanol–water partition coefficient (Wildman–Crippen LogP) is 5.14. The minimum atomic E-state index is -1.01. The lowest BCUT2D eigenvalue weighted by Gasteiger charge is -2.11. The van der Waals surface area contributed by atoms with Crippen molar-refractivity contribution in [2.75, 3.05) is 0 Å². The molecule has 5 heteroatoms. The molecule has 0 saturated carbocycles. The Morgan fingerprint density at radius 2 is 1.75 bits per heavy atom. The van der Waals surface area contributed by atoms with Crippen molar-refractivity contribution in [1.29, 1.82) is 5.26 Å². The van der Waals surface area contributed by atoms with Crippen LogP contribution in [0.1, 0.15) is 21.8 Å². The monoisotopic (exact) mass is 323 g/mol. The molecule has 1 atom stereocenters. The number of nitriles is 1. The molecule has 0 amide bonds. The molecule has 2 aromatic carbocycles. The van der Waals surface area contributed by atoms with Gasteiger partial charge in [0, 0.05) is 15.6 Å². The third kappa shape index (κ3) is 2.96. The Bertz CT molecular complexity index is 707. The van der Waals surface area contributed by atoms with E-state index in [1.165, 1.54) is 12.1 Å². The molecule has 0 aromatic heterocycles. The first kappa shape index (κ1) is 14.9. The minimum Gasteiger partial charge on any atom is -0.292 e. The zero-order valence-corrected chi connectivity index (χ0v) is 12.4. The van der Waals surface area contributed by atoms with Crippen LogP contribution in [-0.4, -0.2) is 5.78 Å². The lowest BCUT2D eigenvalue weighted by Crippen LogP contribution is -2.12. The summed E-state index contributed by atoms with van der Waals surface area (Å²) in [6.45, 7) is 0. The van der Waals surface area contributed by atoms with E-state index in [9.17, 15) is 10.1 Å². The van der Waals surface area contributed by atoms with Gasteiger partial charge in [-0.2, -0.15) is 5.26 Å². The Kier molecular flexibility index (Phi) is 4.67. The highest BCUT2D eigenvalue weighted by Gasteiger charge is 2.25. The highest BCUT2D eigenvalue weighted by Crippen LogP contribution is 2.30. The number of carbonyl (C=O) groups excluding carboxylic acids is 1. The molecular formula is C15H8Cl3NO. The van der Waals surface area contributed by atoms with Crippen molar-refractivity contribution in [2.24, 2.45) is 0 Å². The molecule has 2 rings (SSSR count). The van der Waals surface area contributed by atoms with Gasteiger partial charge in [-0.3, -0.25) is 4.79 Å². The number of benzene rings is 2. The molecule has 0 aliphatic carbocycles. The Balaban J connectivity index is 2.48. The van der Waals surface area contributed by atoms with Crippen molar-refractivity contribution in [3.05, 3.63) is 68.7 Å². The summed E-state index contributed by atoms with van der Waals surface area (Å²) in [7, 11) is 0. The summed E-state index contributed by atoms with van der Waals surface area (Å²) in [4.78, 5) is 12.5. The van der Waals surface area contributed by atoms with Crippen LogP contribution in [0.25, 0.3) is 0 Å². The Hall–Kier alpha value is -1.53. The van der Waals surface area contributed by atoms with Gasteiger partial charge in [0.1, 0.15) is 5.92 Å². The maximum Gasteiger partial charge on any atom is 0.186 e. The first-order chi connectivity index (χ1) is 9.54.